The van der Waals surface area contributed by atoms with Crippen molar-refractivity contribution >= 4 is 19.7 Å². The van der Waals surface area contributed by atoms with E-state index < -0.39 is 20.0 Å². The number of allylic oxidation sites excluding steroid dienone is 13. The molecule has 0 aliphatic carbocycles. The molecule has 506 valence electrons. The van der Waals surface area contributed by atoms with Crippen LogP contribution in [0.4, 0.5) is 0 Å². The molecule has 0 saturated heterocycles. The van der Waals surface area contributed by atoms with Gasteiger partial charge < -0.3 is 19.4 Å². The highest BCUT2D eigenvalue weighted by Gasteiger charge is 2.30. The average molecular weight is 1240 g/mol. The van der Waals surface area contributed by atoms with E-state index in [0.29, 0.717) is 17.4 Å². The Balaban J connectivity index is 5.07. The molecule has 0 fully saturated rings. The molecule has 0 bridgehead atoms. The summed E-state index contributed by atoms with van der Waals surface area (Å²) >= 11 is 0. The van der Waals surface area contributed by atoms with Crippen LogP contribution in [0.2, 0.25) is 0 Å². The van der Waals surface area contributed by atoms with E-state index in [0.717, 1.165) is 83.5 Å². The van der Waals surface area contributed by atoms with Crippen LogP contribution < -0.4 is 5.32 Å². The summed E-state index contributed by atoms with van der Waals surface area (Å²) in [6, 6.07) is -0.855. The van der Waals surface area contributed by atoms with Gasteiger partial charge in [-0.1, -0.05) is 305 Å². The summed E-state index contributed by atoms with van der Waals surface area (Å²) in [6.07, 6.45) is 88.7. The highest BCUT2D eigenvalue weighted by molar-refractivity contribution is 7.47. The molecule has 0 spiro atoms. The first-order valence-electron chi connectivity index (χ1n) is 36.9. The fraction of sp³-hybridized carbons (Fsp3) is 0.792. The molecule has 0 aromatic heterocycles. The molecular weight excluding hydrogens is 1100 g/mol. The number of phosphoric ester groups is 1. The van der Waals surface area contributed by atoms with E-state index in [-0.39, 0.29) is 31.5 Å². The lowest BCUT2D eigenvalue weighted by Crippen LogP contribution is -2.47. The Morgan fingerprint density at radius 3 is 1.07 bits per heavy atom. The van der Waals surface area contributed by atoms with E-state index in [4.69, 9.17) is 13.8 Å². The third-order valence-corrected chi connectivity index (χ3v) is 17.3. The van der Waals surface area contributed by atoms with Gasteiger partial charge in [-0.2, -0.15) is 0 Å². The zero-order valence-electron chi connectivity index (χ0n) is 58.0. The van der Waals surface area contributed by atoms with Crippen molar-refractivity contribution < 1.29 is 37.3 Å². The molecule has 3 unspecified atom stereocenters. The van der Waals surface area contributed by atoms with E-state index in [2.05, 4.69) is 99.0 Å². The summed E-state index contributed by atoms with van der Waals surface area (Å²) in [4.78, 5) is 38.0. The lowest BCUT2D eigenvalue weighted by atomic mass is 10.0. The van der Waals surface area contributed by atoms with Crippen LogP contribution in [0.3, 0.4) is 0 Å². The van der Waals surface area contributed by atoms with E-state index in [9.17, 15) is 19.0 Å². The quantitative estimate of drug-likeness (QED) is 0.0205. The van der Waals surface area contributed by atoms with Gasteiger partial charge in [0.05, 0.1) is 33.8 Å². The second kappa shape index (κ2) is 66.1. The Hall–Kier alpha value is -2.81. The van der Waals surface area contributed by atoms with Crippen molar-refractivity contribution in [3.05, 3.63) is 85.1 Å². The summed E-state index contributed by atoms with van der Waals surface area (Å²) in [5, 5.41) is 3.08. The van der Waals surface area contributed by atoms with Gasteiger partial charge in [-0.05, 0) is 109 Å². The minimum atomic E-state index is -4.46. The Kier molecular flexibility index (Phi) is 64.0. The van der Waals surface area contributed by atoms with Gasteiger partial charge in [0.15, 0.2) is 0 Å². The van der Waals surface area contributed by atoms with Gasteiger partial charge in [0.2, 0.25) is 5.91 Å². The van der Waals surface area contributed by atoms with Crippen molar-refractivity contribution in [2.45, 2.75) is 354 Å². The van der Waals surface area contributed by atoms with Gasteiger partial charge in [-0.15, -0.1) is 0 Å². The van der Waals surface area contributed by atoms with Crippen LogP contribution in [0.1, 0.15) is 342 Å². The molecule has 0 aliphatic rings. The van der Waals surface area contributed by atoms with Gasteiger partial charge in [-0.25, -0.2) is 4.57 Å². The zero-order chi connectivity index (χ0) is 63.5. The molecule has 1 amide bonds. The predicted octanol–water partition coefficient (Wildman–Crippen LogP) is 23.7. The molecule has 0 heterocycles. The number of amides is 1. The third-order valence-electron chi connectivity index (χ3n) is 16.3. The van der Waals surface area contributed by atoms with Crippen LogP contribution in [0, 0.1) is 0 Å². The maximum atomic E-state index is 13.6. The molecule has 0 saturated carbocycles. The van der Waals surface area contributed by atoms with Crippen molar-refractivity contribution in [3.8, 4) is 0 Å². The van der Waals surface area contributed by atoms with E-state index >= 15 is 0 Å². The summed E-state index contributed by atoms with van der Waals surface area (Å²) in [5.74, 6) is -0.502. The number of hydrogen-bond donors (Lipinski definition) is 2. The number of esters is 1. The summed E-state index contributed by atoms with van der Waals surface area (Å²) in [7, 11) is 1.50. The van der Waals surface area contributed by atoms with E-state index in [1.807, 2.05) is 33.3 Å². The first kappa shape index (κ1) is 84.2. The number of carbonyl (C=O) groups is 2. The molecule has 0 rings (SSSR count). The molecule has 2 N–H and O–H groups in total. The number of hydrogen-bond acceptors (Lipinski definition) is 6. The van der Waals surface area contributed by atoms with Crippen LogP contribution in [0.5, 0.6) is 0 Å². The Morgan fingerprint density at radius 1 is 0.402 bits per heavy atom. The molecule has 0 aromatic carbocycles. The SMILES string of the molecule is CCCCC/C=C\C/C=C\C/C=C\C/C=C\CCCCCCCCCCCCCC(=O)OC(/C=C\CCCCCCCCCCCCC)C(COP(=O)(O)OCC[N+](C)(C)C)NC(=O)CCCCCCCCCCCCC/C=C\C/C=C\CCCCC. The van der Waals surface area contributed by atoms with Gasteiger partial charge in [-0.3, -0.25) is 18.6 Å². The number of quaternary nitrogens is 1. The molecule has 10 heteroatoms. The maximum Gasteiger partial charge on any atom is 0.472 e. The molecule has 87 heavy (non-hydrogen) atoms. The van der Waals surface area contributed by atoms with Crippen molar-refractivity contribution in [1.82, 2.24) is 5.32 Å². The second-order valence-corrected chi connectivity index (χ2v) is 27.6. The minimum Gasteiger partial charge on any atom is -0.456 e. The smallest absolute Gasteiger partial charge is 0.456 e. The van der Waals surface area contributed by atoms with Crippen LogP contribution in [-0.2, 0) is 27.9 Å². The van der Waals surface area contributed by atoms with E-state index in [1.165, 1.54) is 225 Å². The van der Waals surface area contributed by atoms with Crippen LogP contribution in [-0.4, -0.2) is 74.3 Å². The number of phosphoric acid groups is 1. The van der Waals surface area contributed by atoms with Gasteiger partial charge >= 0.3 is 13.8 Å². The Labute approximate surface area is 539 Å². The zero-order valence-corrected chi connectivity index (χ0v) is 58.9. The molecule has 0 aromatic rings. The van der Waals surface area contributed by atoms with Crippen molar-refractivity contribution in [1.29, 1.82) is 0 Å². The van der Waals surface area contributed by atoms with Gasteiger partial charge in [0, 0.05) is 12.8 Å². The maximum absolute atomic E-state index is 13.6. The van der Waals surface area contributed by atoms with Gasteiger partial charge in [0.25, 0.3) is 0 Å². The van der Waals surface area contributed by atoms with Crippen molar-refractivity contribution in [2.24, 2.45) is 0 Å². The fourth-order valence-corrected chi connectivity index (χ4v) is 11.3. The second-order valence-electron chi connectivity index (χ2n) is 26.1. The fourth-order valence-electron chi connectivity index (χ4n) is 10.6. The summed E-state index contributed by atoms with van der Waals surface area (Å²) < 4.78 is 30.9. The molecule has 0 aliphatic heterocycles. The number of unbranched alkanes of at least 4 members (excludes halogenated alkanes) is 39. The lowest BCUT2D eigenvalue weighted by molar-refractivity contribution is -0.870. The number of ether oxygens (including phenoxy) is 1. The number of rotatable bonds is 67. The third kappa shape index (κ3) is 67.4. The van der Waals surface area contributed by atoms with Crippen LogP contribution in [0.25, 0.3) is 0 Å². The predicted molar refractivity (Wildman–Crippen MR) is 378 cm³/mol. The van der Waals surface area contributed by atoms with Crippen molar-refractivity contribution in [2.75, 3.05) is 40.9 Å². The van der Waals surface area contributed by atoms with Gasteiger partial charge in [0.1, 0.15) is 19.3 Å². The first-order valence-corrected chi connectivity index (χ1v) is 38.4. The first-order chi connectivity index (χ1) is 42.4. The normalized spacial score (nSPS) is 14.0. The highest BCUT2D eigenvalue weighted by Crippen LogP contribution is 2.43. The average Bonchev–Trinajstić information content (AvgIpc) is 3.70. The highest BCUT2D eigenvalue weighted by atomic mass is 31.2. The summed E-state index contributed by atoms with van der Waals surface area (Å²) in [6.45, 7) is 6.99. The van der Waals surface area contributed by atoms with Crippen LogP contribution >= 0.6 is 7.82 Å². The minimum absolute atomic E-state index is 0.0375. The molecule has 3 atom stereocenters. The number of likely N-dealkylation sites (N-methyl/N-ethyl adjacent to an activating group) is 1. The molecular formula is C77H142N2O7P+. The number of nitrogens with zero attached hydrogens (tertiary/aromatic N) is 1. The number of carbonyl (C=O) groups excluding carboxylic acids is 2. The van der Waals surface area contributed by atoms with Crippen LogP contribution in [0.15, 0.2) is 85.1 Å². The standard InChI is InChI=1S/C77H141N2O7P/c1-7-10-13-16-19-22-25-28-30-32-34-36-37-38-39-40-41-43-45-47-49-52-55-58-61-64-67-70-77(81)86-75(68-65-62-59-56-53-50-27-24-21-18-15-12-9-3)74(73-85-87(82,83)84-72-71-79(4,5)6)78-76(80)69-66-63-60-57-54-51-48-46-44-42-35-33-31-29-26-23-20-17-14-11-8-2/h19-20,22-23,28-31,34,36,38-39,65,68,74-75H,7-18,21,24-27,32-33,35,37,40-64,66-67,69-73H2,1-6H3,(H-,78,80,82,83)/p+1/b22-19-,23-20-,30-28-,31-29-,36-34-,39-38-,68-65-. The molecule has 9 nitrogen and oxygen atoms in total. The van der Waals surface area contributed by atoms with Crippen molar-refractivity contribution in [3.63, 3.8) is 0 Å². The lowest BCUT2D eigenvalue weighted by Gasteiger charge is -2.27. The monoisotopic (exact) mass is 1240 g/mol. The summed E-state index contributed by atoms with van der Waals surface area (Å²) in [5.41, 5.74) is 0. The van der Waals surface area contributed by atoms with E-state index in [1.54, 1.807) is 0 Å². The Morgan fingerprint density at radius 2 is 0.701 bits per heavy atom. The number of nitrogens with one attached hydrogen (secondary N) is 1. The molecule has 0 radical (unpaired) electrons. The largest absolute Gasteiger partial charge is 0.472 e. The Bertz CT molecular complexity index is 1760. The topological polar surface area (TPSA) is 111 Å².